The molecule has 2 rings (SSSR count). The highest BCUT2D eigenvalue weighted by atomic mass is 16.3. The SMILES string of the molecule is CC[C@H]1NC(=O)[C@@H]([C@H](O)[C@H](C)CCCc2ncccn2)N(C)C(=O)[C@@H](C(C)C)N(C)C(=O)[C@@H](CC(C)C)N(C)C(=O)[C@@H](CC(C)C)N(C)C(=O)[C@H](C)NC(=O)[C@@H](C)NC(=O)[C@@H](CC(C)C)N(C)C(=O)[C@@H](C(C)C)NC(=O)[C@H](CC(C)C)N(C)C(=O)[C@@H](C)N(C)C1=O. The van der Waals surface area contributed by atoms with Crippen molar-refractivity contribution in [1.82, 2.24) is 65.5 Å². The van der Waals surface area contributed by atoms with Crippen molar-refractivity contribution in [1.29, 1.82) is 0 Å². The minimum absolute atomic E-state index is 0.000275. The van der Waals surface area contributed by atoms with Crippen molar-refractivity contribution in [2.24, 2.45) is 41.4 Å². The van der Waals surface area contributed by atoms with Crippen LogP contribution in [0.1, 0.15) is 168 Å². The molecular formula is C66H115N13O12. The van der Waals surface area contributed by atoms with Crippen molar-refractivity contribution < 1.29 is 57.8 Å². The van der Waals surface area contributed by atoms with Gasteiger partial charge in [0.2, 0.25) is 65.0 Å². The molecule has 0 aliphatic carbocycles. The molecule has 516 valence electrons. The van der Waals surface area contributed by atoms with Crippen molar-refractivity contribution >= 4 is 65.0 Å². The van der Waals surface area contributed by atoms with E-state index in [-0.39, 0.29) is 55.8 Å². The lowest BCUT2D eigenvalue weighted by atomic mass is 9.90. The van der Waals surface area contributed by atoms with Crippen LogP contribution >= 0.6 is 0 Å². The van der Waals surface area contributed by atoms with Gasteiger partial charge >= 0.3 is 0 Å². The molecule has 25 heteroatoms. The smallest absolute Gasteiger partial charge is 0.246 e. The maximum atomic E-state index is 15.4. The number of nitrogens with one attached hydrogen (secondary N) is 4. The lowest BCUT2D eigenvalue weighted by Crippen LogP contribution is -2.64. The second-order valence-corrected chi connectivity index (χ2v) is 27.7. The van der Waals surface area contributed by atoms with Gasteiger partial charge in [-0.15, -0.1) is 0 Å². The van der Waals surface area contributed by atoms with Gasteiger partial charge < -0.3 is 60.7 Å². The minimum atomic E-state index is -1.65. The quantitative estimate of drug-likeness (QED) is 0.149. The zero-order valence-electron chi connectivity index (χ0n) is 59.3. The highest BCUT2D eigenvalue weighted by molar-refractivity contribution is 6.00. The number of nitrogens with zero attached hydrogens (tertiary/aromatic N) is 9. The first kappa shape index (κ1) is 80.3. The Bertz CT molecular complexity index is 2620. The molecule has 0 unspecified atom stereocenters. The van der Waals surface area contributed by atoms with Crippen LogP contribution in [-0.4, -0.2) is 236 Å². The molecule has 25 nitrogen and oxygen atoms in total. The Morgan fingerprint density at radius 1 is 0.440 bits per heavy atom. The zero-order valence-corrected chi connectivity index (χ0v) is 59.3. The first-order valence-corrected chi connectivity index (χ1v) is 32.7. The van der Waals surface area contributed by atoms with Gasteiger partial charge in [-0.05, 0) is 113 Å². The van der Waals surface area contributed by atoms with Gasteiger partial charge in [-0.2, -0.15) is 0 Å². The fourth-order valence-electron chi connectivity index (χ4n) is 11.6. The Kier molecular flexibility index (Phi) is 32.2. The molecule has 1 aromatic rings. The normalized spacial score (nSPS) is 26.6. The van der Waals surface area contributed by atoms with Crippen LogP contribution in [-0.2, 0) is 59.2 Å². The van der Waals surface area contributed by atoms with Gasteiger partial charge in [0, 0.05) is 68.1 Å². The van der Waals surface area contributed by atoms with Gasteiger partial charge in [-0.25, -0.2) is 9.97 Å². The summed E-state index contributed by atoms with van der Waals surface area (Å²) in [5, 5.41) is 23.5. The molecule has 11 amide bonds. The maximum Gasteiger partial charge on any atom is 0.246 e. The Balaban J connectivity index is 3.00. The Morgan fingerprint density at radius 3 is 1.32 bits per heavy atom. The number of aliphatic hydroxyl groups excluding tert-OH is 1. The molecular weight excluding hydrogens is 1170 g/mol. The number of rotatable bonds is 17. The Morgan fingerprint density at radius 2 is 0.857 bits per heavy atom. The van der Waals surface area contributed by atoms with E-state index < -0.39 is 155 Å². The number of carbonyl (C=O) groups excluding carboxylic acids is 11. The number of hydrogen-bond donors (Lipinski definition) is 5. The summed E-state index contributed by atoms with van der Waals surface area (Å²) in [5.41, 5.74) is 0. The summed E-state index contributed by atoms with van der Waals surface area (Å²) in [4.78, 5) is 179. The van der Waals surface area contributed by atoms with E-state index in [2.05, 4.69) is 31.2 Å². The summed E-state index contributed by atoms with van der Waals surface area (Å²) in [7, 11) is 9.95. The fourth-order valence-corrected chi connectivity index (χ4v) is 11.6. The summed E-state index contributed by atoms with van der Waals surface area (Å²) >= 11 is 0. The van der Waals surface area contributed by atoms with Crippen LogP contribution in [0.5, 0.6) is 0 Å². The molecule has 1 aliphatic rings. The number of aliphatic hydroxyl groups is 1. The molecule has 0 radical (unpaired) electrons. The molecule has 13 atom stereocenters. The van der Waals surface area contributed by atoms with E-state index in [1.54, 1.807) is 60.0 Å². The van der Waals surface area contributed by atoms with Gasteiger partial charge in [0.1, 0.15) is 72.3 Å². The number of aryl methyl sites for hydroxylation is 1. The zero-order chi connectivity index (χ0) is 70.0. The van der Waals surface area contributed by atoms with E-state index in [9.17, 15) is 38.7 Å². The molecule has 1 fully saturated rings. The number of hydrogen-bond acceptors (Lipinski definition) is 14. The largest absolute Gasteiger partial charge is 0.390 e. The number of amides is 11. The third kappa shape index (κ3) is 22.2. The van der Waals surface area contributed by atoms with Crippen LogP contribution in [0, 0.1) is 41.4 Å². The standard InChI is InChI=1S/C66H115N13O12/c1-25-46-62(87)73(18)45(17)61(86)74(19)48(33-37(4)5)58(83)72-52(40(10)11)65(90)75(20)47(32-36(2)3)57(82)69-43(15)56(81)70-44(16)60(85)76(21)49(34-38(6)7)63(88)77(22)50(35-39(8)9)64(89)78(23)53(41(12)13)66(91)79(24)54(59(84)71-46)55(80)42(14)28-26-29-51-67-30-27-31-68-51/h27,30-31,36-50,52-55,80H,25-26,28-29,32-35H2,1-24H3,(H,69,82)(H,70,81)(H,71,84)(H,72,83)/t42-,43-,44+,45-,46-,47-,48+,49-,50-,52-,53-,54-,55-/m1/s1. The third-order valence-corrected chi connectivity index (χ3v) is 17.5. The molecule has 91 heavy (non-hydrogen) atoms. The van der Waals surface area contributed by atoms with Gasteiger partial charge in [0.25, 0.3) is 0 Å². The summed E-state index contributed by atoms with van der Waals surface area (Å²) in [5.74, 6) is -9.35. The molecule has 1 saturated heterocycles. The minimum Gasteiger partial charge on any atom is -0.390 e. The van der Waals surface area contributed by atoms with Crippen molar-refractivity contribution in [3.8, 4) is 0 Å². The first-order valence-electron chi connectivity index (χ1n) is 32.7. The monoisotopic (exact) mass is 1280 g/mol. The molecule has 0 bridgehead atoms. The van der Waals surface area contributed by atoms with Gasteiger partial charge in [0.15, 0.2) is 0 Å². The molecule has 1 aliphatic heterocycles. The van der Waals surface area contributed by atoms with Gasteiger partial charge in [0.05, 0.1) is 6.10 Å². The predicted molar refractivity (Wildman–Crippen MR) is 349 cm³/mol. The van der Waals surface area contributed by atoms with Crippen LogP contribution in [0.4, 0.5) is 0 Å². The lowest BCUT2D eigenvalue weighted by Gasteiger charge is -2.41. The average molecular weight is 1280 g/mol. The number of carbonyl (C=O) groups is 11. The molecule has 5 N–H and O–H groups in total. The summed E-state index contributed by atoms with van der Waals surface area (Å²) in [6.07, 6.45) is 3.57. The van der Waals surface area contributed by atoms with E-state index in [4.69, 9.17) is 0 Å². The summed E-state index contributed by atoms with van der Waals surface area (Å²) in [6.45, 7) is 29.6. The van der Waals surface area contributed by atoms with Crippen LogP contribution in [0.25, 0.3) is 0 Å². The first-order chi connectivity index (χ1) is 42.2. The maximum absolute atomic E-state index is 15.4. The summed E-state index contributed by atoms with van der Waals surface area (Å²) in [6, 6.07) is -12.1. The van der Waals surface area contributed by atoms with Crippen LogP contribution in [0.2, 0.25) is 0 Å². The van der Waals surface area contributed by atoms with Crippen molar-refractivity contribution in [3.63, 3.8) is 0 Å². The highest BCUT2D eigenvalue weighted by Crippen LogP contribution is 2.26. The highest BCUT2D eigenvalue weighted by Gasteiger charge is 2.46. The van der Waals surface area contributed by atoms with E-state index in [1.807, 2.05) is 55.4 Å². The second-order valence-electron chi connectivity index (χ2n) is 27.7. The van der Waals surface area contributed by atoms with Crippen molar-refractivity contribution in [2.75, 3.05) is 49.3 Å². The Labute approximate surface area is 543 Å². The lowest BCUT2D eigenvalue weighted by molar-refractivity contribution is -0.157. The van der Waals surface area contributed by atoms with E-state index in [0.29, 0.717) is 25.1 Å². The van der Waals surface area contributed by atoms with Gasteiger partial charge in [-0.1, -0.05) is 96.9 Å². The molecule has 0 spiro atoms. The fraction of sp³-hybridized carbons (Fsp3) is 0.773. The predicted octanol–water partition coefficient (Wildman–Crippen LogP) is 3.50. The van der Waals surface area contributed by atoms with Gasteiger partial charge in [-0.3, -0.25) is 52.7 Å². The average Bonchev–Trinajstić information content (AvgIpc) is 0.883. The van der Waals surface area contributed by atoms with Crippen molar-refractivity contribution in [2.45, 2.75) is 242 Å². The molecule has 1 aromatic heterocycles. The second kappa shape index (κ2) is 36.5. The van der Waals surface area contributed by atoms with Crippen LogP contribution in [0.3, 0.4) is 0 Å². The van der Waals surface area contributed by atoms with E-state index in [0.717, 1.165) is 9.80 Å². The van der Waals surface area contributed by atoms with E-state index >= 15 is 19.2 Å². The third-order valence-electron chi connectivity index (χ3n) is 17.5. The Hall–Kier alpha value is -6.79. The number of likely N-dealkylation sites (N-methyl/N-ethyl adjacent to an activating group) is 7. The van der Waals surface area contributed by atoms with Crippen molar-refractivity contribution in [3.05, 3.63) is 24.3 Å². The molecule has 2 heterocycles. The number of aromatic nitrogens is 2. The van der Waals surface area contributed by atoms with Crippen LogP contribution < -0.4 is 21.3 Å². The molecule has 0 saturated carbocycles. The van der Waals surface area contributed by atoms with E-state index in [1.165, 1.54) is 94.6 Å². The summed E-state index contributed by atoms with van der Waals surface area (Å²) < 4.78 is 0. The molecule has 0 aromatic carbocycles. The van der Waals surface area contributed by atoms with Crippen LogP contribution in [0.15, 0.2) is 18.5 Å². The topological polar surface area (TPSA) is 305 Å².